The van der Waals surface area contributed by atoms with Gasteiger partial charge in [-0.05, 0) is 77.2 Å². The molecule has 0 aliphatic rings. The fourth-order valence-corrected chi connectivity index (χ4v) is 4.17. The second kappa shape index (κ2) is 12.1. The predicted molar refractivity (Wildman–Crippen MR) is 152 cm³/mol. The molecule has 182 valence electrons. The molecule has 0 saturated carbocycles. The number of benzene rings is 3. The van der Waals surface area contributed by atoms with Gasteiger partial charge in [-0.15, -0.1) is 11.3 Å². The van der Waals surface area contributed by atoms with Crippen LogP contribution in [-0.2, 0) is 6.61 Å². The lowest BCUT2D eigenvalue weighted by Crippen LogP contribution is -1.96. The molecule has 3 aromatic carbocycles. The van der Waals surface area contributed by atoms with Gasteiger partial charge in [0.2, 0.25) is 0 Å². The molecule has 37 heavy (non-hydrogen) atoms. The lowest BCUT2D eigenvalue weighted by atomic mass is 10.2. The van der Waals surface area contributed by atoms with Crippen LogP contribution >= 0.6 is 22.9 Å². The van der Waals surface area contributed by atoms with E-state index in [4.69, 9.17) is 21.2 Å². The van der Waals surface area contributed by atoms with Crippen molar-refractivity contribution in [3.63, 3.8) is 0 Å². The number of fused-ring (bicyclic) bond motifs is 1. The zero-order valence-electron chi connectivity index (χ0n) is 19.7. The maximum atomic E-state index is 5.95. The minimum Gasteiger partial charge on any atom is -0.489 e. The van der Waals surface area contributed by atoms with Gasteiger partial charge in [-0.2, -0.15) is 4.98 Å². The quantitative estimate of drug-likeness (QED) is 0.145. The molecule has 2 aromatic heterocycles. The van der Waals surface area contributed by atoms with Crippen molar-refractivity contribution in [2.24, 2.45) is 5.16 Å². The second-order valence-electron chi connectivity index (χ2n) is 7.97. The van der Waals surface area contributed by atoms with E-state index in [2.05, 4.69) is 15.1 Å². The van der Waals surface area contributed by atoms with Crippen LogP contribution in [0, 0.1) is 0 Å². The van der Waals surface area contributed by atoms with E-state index in [1.54, 1.807) is 11.3 Å². The van der Waals surface area contributed by atoms with Crippen molar-refractivity contribution in [1.82, 2.24) is 9.97 Å². The van der Waals surface area contributed by atoms with E-state index in [1.807, 2.05) is 115 Å². The van der Waals surface area contributed by atoms with Crippen LogP contribution in [0.15, 0.2) is 114 Å². The molecule has 0 aliphatic heterocycles. The van der Waals surface area contributed by atoms with Crippen LogP contribution in [0.2, 0.25) is 5.02 Å². The molecule has 0 amide bonds. The summed E-state index contributed by atoms with van der Waals surface area (Å²) in [5, 5.41) is 7.91. The van der Waals surface area contributed by atoms with Crippen LogP contribution in [0.5, 0.6) is 11.6 Å². The number of halogens is 1. The first-order valence-corrected chi connectivity index (χ1v) is 12.8. The number of allylic oxidation sites excluding steroid dienone is 2. The van der Waals surface area contributed by atoms with E-state index < -0.39 is 0 Å². The summed E-state index contributed by atoms with van der Waals surface area (Å²) in [5.74, 6) is 1.20. The van der Waals surface area contributed by atoms with Crippen molar-refractivity contribution in [3.05, 3.63) is 130 Å². The number of oxime groups is 1. The molecule has 0 spiro atoms. The molecule has 0 aliphatic carbocycles. The van der Waals surface area contributed by atoms with Crippen molar-refractivity contribution in [3.8, 4) is 11.6 Å². The average molecular weight is 524 g/mol. The number of hydrogen-bond acceptors (Lipinski definition) is 6. The fourth-order valence-electron chi connectivity index (χ4n) is 3.42. The number of ether oxygens (including phenoxy) is 1. The lowest BCUT2D eigenvalue weighted by molar-refractivity contribution is 0.306. The Balaban J connectivity index is 1.30. The van der Waals surface area contributed by atoms with Crippen molar-refractivity contribution in [2.45, 2.75) is 6.61 Å². The first-order valence-electron chi connectivity index (χ1n) is 11.5. The summed E-state index contributed by atoms with van der Waals surface area (Å²) in [7, 11) is 0. The van der Waals surface area contributed by atoms with E-state index >= 15 is 0 Å². The summed E-state index contributed by atoms with van der Waals surface area (Å²) in [6.07, 6.45) is 9.26. The highest BCUT2D eigenvalue weighted by atomic mass is 35.5. The summed E-state index contributed by atoms with van der Waals surface area (Å²) < 4.78 is 5.88. The highest BCUT2D eigenvalue weighted by Crippen LogP contribution is 2.21. The summed E-state index contributed by atoms with van der Waals surface area (Å²) in [6.45, 7) is 0.478. The predicted octanol–water partition coefficient (Wildman–Crippen LogP) is 8.09. The topological polar surface area (TPSA) is 56.6 Å². The number of aromatic nitrogens is 2. The molecule has 0 radical (unpaired) electrons. The van der Waals surface area contributed by atoms with Crippen LogP contribution < -0.4 is 9.57 Å². The summed E-state index contributed by atoms with van der Waals surface area (Å²) in [4.78, 5) is 15.4. The molecule has 5 nitrogen and oxygen atoms in total. The van der Waals surface area contributed by atoms with Gasteiger partial charge in [0, 0.05) is 9.90 Å². The Kier molecular flexibility index (Phi) is 8.01. The van der Waals surface area contributed by atoms with E-state index in [0.717, 1.165) is 32.7 Å². The Morgan fingerprint density at radius 1 is 0.865 bits per heavy atom. The Bertz CT molecular complexity index is 1540. The zero-order valence-corrected chi connectivity index (χ0v) is 21.3. The third kappa shape index (κ3) is 6.91. The van der Waals surface area contributed by atoms with E-state index in [-0.39, 0.29) is 0 Å². The van der Waals surface area contributed by atoms with Crippen molar-refractivity contribution in [1.29, 1.82) is 0 Å². The molecule has 0 bridgehead atoms. The lowest BCUT2D eigenvalue weighted by Gasteiger charge is -2.06. The van der Waals surface area contributed by atoms with Crippen molar-refractivity contribution < 1.29 is 9.57 Å². The Labute approximate surface area is 224 Å². The molecule has 0 N–H and O–H groups in total. The minimum atomic E-state index is 0.406. The van der Waals surface area contributed by atoms with Gasteiger partial charge in [-0.25, -0.2) is 4.98 Å². The first-order chi connectivity index (χ1) is 18.2. The Morgan fingerprint density at radius 2 is 1.68 bits per heavy atom. The molecule has 0 unspecified atom stereocenters. The number of hydrogen-bond donors (Lipinski definition) is 0. The third-order valence-corrected chi connectivity index (χ3v) is 6.44. The normalized spacial score (nSPS) is 12.0. The Morgan fingerprint density at radius 3 is 2.49 bits per heavy atom. The van der Waals surface area contributed by atoms with Gasteiger partial charge in [-0.1, -0.05) is 65.3 Å². The van der Waals surface area contributed by atoms with Gasteiger partial charge in [0.15, 0.2) is 0 Å². The number of thiophene rings is 1. The second-order valence-corrected chi connectivity index (χ2v) is 9.39. The van der Waals surface area contributed by atoms with Crippen LogP contribution in [-0.4, -0.2) is 15.7 Å². The number of para-hydroxylation sites is 1. The molecular weight excluding hydrogens is 502 g/mol. The van der Waals surface area contributed by atoms with Crippen LogP contribution in [0.4, 0.5) is 0 Å². The van der Waals surface area contributed by atoms with Gasteiger partial charge in [0.25, 0.3) is 5.88 Å². The summed E-state index contributed by atoms with van der Waals surface area (Å²) >= 11 is 7.60. The van der Waals surface area contributed by atoms with E-state index in [1.165, 1.54) is 6.33 Å². The van der Waals surface area contributed by atoms with E-state index in [9.17, 15) is 0 Å². The maximum Gasteiger partial charge on any atom is 0.259 e. The number of nitrogens with zero attached hydrogens (tertiary/aromatic N) is 3. The largest absolute Gasteiger partial charge is 0.489 e. The van der Waals surface area contributed by atoms with Gasteiger partial charge >= 0.3 is 0 Å². The average Bonchev–Trinajstić information content (AvgIpc) is 3.47. The molecule has 5 rings (SSSR count). The Hall–Kier alpha value is -4.26. The smallest absolute Gasteiger partial charge is 0.259 e. The molecule has 0 fully saturated rings. The monoisotopic (exact) mass is 523 g/mol. The fraction of sp³-hybridized carbons (Fsp3) is 0.0333. The van der Waals surface area contributed by atoms with E-state index in [0.29, 0.717) is 23.2 Å². The third-order valence-electron chi connectivity index (χ3n) is 5.35. The SMILES string of the molecule is Clc1ccc(COc2ccc(/C=C/C(/C=C/c3cccs3)=N/Oc3ncnc4ccccc34)cc2)cc1. The molecule has 0 saturated heterocycles. The minimum absolute atomic E-state index is 0.406. The molecule has 5 aromatic rings. The van der Waals surface area contributed by atoms with Gasteiger partial charge < -0.3 is 9.57 Å². The first kappa shape index (κ1) is 24.4. The summed E-state index contributed by atoms with van der Waals surface area (Å²) in [5.41, 5.74) is 3.50. The van der Waals surface area contributed by atoms with Crippen LogP contribution in [0.25, 0.3) is 23.1 Å². The van der Waals surface area contributed by atoms with Gasteiger partial charge in [0.1, 0.15) is 24.4 Å². The van der Waals surface area contributed by atoms with Gasteiger partial charge in [-0.3, -0.25) is 0 Å². The summed E-state index contributed by atoms with van der Waals surface area (Å²) in [6, 6.07) is 27.2. The molecular formula is C30H22ClN3O2S. The zero-order chi connectivity index (χ0) is 25.3. The van der Waals surface area contributed by atoms with Crippen LogP contribution in [0.3, 0.4) is 0 Å². The molecule has 7 heteroatoms. The standard InChI is InChI=1S/C30H22ClN3O2S/c31-24-12-7-23(8-13-24)20-35-26-16-10-22(11-17-26)9-14-25(15-18-27-4-3-19-37-27)34-36-30-28-5-1-2-6-29(28)32-21-33-30/h1-19,21H,20H2/b14-9+,18-15+,34-25-. The van der Waals surface area contributed by atoms with Gasteiger partial charge in [0.05, 0.1) is 10.9 Å². The highest BCUT2D eigenvalue weighted by Gasteiger charge is 2.04. The highest BCUT2D eigenvalue weighted by molar-refractivity contribution is 7.10. The molecule has 0 atom stereocenters. The van der Waals surface area contributed by atoms with Crippen LogP contribution in [0.1, 0.15) is 16.0 Å². The maximum absolute atomic E-state index is 5.95. The molecule has 2 heterocycles. The number of rotatable bonds is 9. The van der Waals surface area contributed by atoms with Crippen molar-refractivity contribution >= 4 is 51.7 Å². The van der Waals surface area contributed by atoms with Crippen molar-refractivity contribution in [2.75, 3.05) is 0 Å².